The molecule has 0 radical (unpaired) electrons. The summed E-state index contributed by atoms with van der Waals surface area (Å²) in [6, 6.07) is 6.66. The minimum Gasteiger partial charge on any atom is -0.310 e. The molecule has 1 atom stereocenters. The van der Waals surface area contributed by atoms with Crippen LogP contribution in [0.4, 0.5) is 0 Å². The van der Waals surface area contributed by atoms with Crippen molar-refractivity contribution in [2.45, 2.75) is 33.2 Å². The highest BCUT2D eigenvalue weighted by atomic mass is 79.9. The number of aryl methyl sites for hydroxylation is 3. The number of halogens is 2. The molecular weight excluding hydrogens is 350 g/mol. The van der Waals surface area contributed by atoms with Gasteiger partial charge < -0.3 is 5.32 Å². The van der Waals surface area contributed by atoms with Crippen molar-refractivity contribution in [2.75, 3.05) is 6.54 Å². The average Bonchev–Trinajstić information content (AvgIpc) is 2.65. The zero-order valence-corrected chi connectivity index (χ0v) is 15.2. The Morgan fingerprint density at radius 3 is 2.62 bits per heavy atom. The van der Waals surface area contributed by atoms with Crippen LogP contribution < -0.4 is 5.32 Å². The van der Waals surface area contributed by atoms with Crippen LogP contribution in [0.25, 0.3) is 0 Å². The second-order valence-corrected chi connectivity index (χ2v) is 6.54. The van der Waals surface area contributed by atoms with E-state index in [9.17, 15) is 0 Å². The SMILES string of the molecule is CCNC(Cc1c(Cl)c(C)nn1C)c1ccc(C)cc1Br. The number of hydrogen-bond donors (Lipinski definition) is 1. The van der Waals surface area contributed by atoms with Gasteiger partial charge in [-0.3, -0.25) is 4.68 Å². The van der Waals surface area contributed by atoms with Gasteiger partial charge in [0, 0.05) is 24.0 Å². The van der Waals surface area contributed by atoms with Gasteiger partial charge in [-0.05, 0) is 37.6 Å². The summed E-state index contributed by atoms with van der Waals surface area (Å²) >= 11 is 10.1. The lowest BCUT2D eigenvalue weighted by Crippen LogP contribution is -2.24. The Bertz CT molecular complexity index is 637. The molecular formula is C16H21BrClN3. The molecule has 0 bridgehead atoms. The first-order chi connectivity index (χ1) is 9.93. The lowest BCUT2D eigenvalue weighted by molar-refractivity contribution is 0.527. The van der Waals surface area contributed by atoms with Gasteiger partial charge in [0.25, 0.3) is 0 Å². The van der Waals surface area contributed by atoms with Crippen LogP contribution in [0, 0.1) is 13.8 Å². The van der Waals surface area contributed by atoms with Crippen molar-refractivity contribution in [2.24, 2.45) is 7.05 Å². The van der Waals surface area contributed by atoms with Crippen molar-refractivity contribution in [3.8, 4) is 0 Å². The molecule has 2 rings (SSSR count). The van der Waals surface area contributed by atoms with Gasteiger partial charge in [0.1, 0.15) is 0 Å². The first-order valence-corrected chi connectivity index (χ1v) is 8.28. The highest BCUT2D eigenvalue weighted by Crippen LogP contribution is 2.30. The van der Waals surface area contributed by atoms with Gasteiger partial charge in [-0.15, -0.1) is 0 Å². The molecule has 0 fully saturated rings. The summed E-state index contributed by atoms with van der Waals surface area (Å²) in [4.78, 5) is 0. The number of rotatable bonds is 5. The summed E-state index contributed by atoms with van der Waals surface area (Å²) in [5.41, 5.74) is 4.44. The normalized spacial score (nSPS) is 12.7. The molecule has 0 aliphatic heterocycles. The Hall–Kier alpha value is -0.840. The lowest BCUT2D eigenvalue weighted by Gasteiger charge is -2.20. The molecule has 3 nitrogen and oxygen atoms in total. The molecule has 1 unspecified atom stereocenters. The quantitative estimate of drug-likeness (QED) is 0.848. The molecule has 1 aromatic heterocycles. The summed E-state index contributed by atoms with van der Waals surface area (Å²) < 4.78 is 3.01. The lowest BCUT2D eigenvalue weighted by atomic mass is 10.0. The number of likely N-dealkylation sites (N-methyl/N-ethyl adjacent to an activating group) is 1. The fraction of sp³-hybridized carbons (Fsp3) is 0.438. The van der Waals surface area contributed by atoms with Crippen LogP contribution in [0.2, 0.25) is 5.02 Å². The van der Waals surface area contributed by atoms with E-state index in [2.05, 4.69) is 58.4 Å². The van der Waals surface area contributed by atoms with Crippen molar-refractivity contribution in [3.63, 3.8) is 0 Å². The van der Waals surface area contributed by atoms with Crippen LogP contribution in [0.15, 0.2) is 22.7 Å². The highest BCUT2D eigenvalue weighted by molar-refractivity contribution is 9.10. The zero-order chi connectivity index (χ0) is 15.6. The minimum atomic E-state index is 0.206. The van der Waals surface area contributed by atoms with Crippen molar-refractivity contribution in [1.82, 2.24) is 15.1 Å². The molecule has 2 aromatic rings. The molecule has 0 saturated carbocycles. The third-order valence-electron chi connectivity index (χ3n) is 3.64. The Morgan fingerprint density at radius 2 is 2.10 bits per heavy atom. The number of nitrogens with zero attached hydrogens (tertiary/aromatic N) is 2. The Morgan fingerprint density at radius 1 is 1.38 bits per heavy atom. The van der Waals surface area contributed by atoms with E-state index in [1.807, 2.05) is 18.7 Å². The largest absolute Gasteiger partial charge is 0.310 e. The van der Waals surface area contributed by atoms with E-state index in [1.165, 1.54) is 11.1 Å². The van der Waals surface area contributed by atoms with E-state index in [0.717, 1.165) is 33.8 Å². The predicted octanol–water partition coefficient (Wildman–Crippen LogP) is 4.35. The molecule has 5 heteroatoms. The van der Waals surface area contributed by atoms with Gasteiger partial charge in [0.2, 0.25) is 0 Å². The average molecular weight is 371 g/mol. The maximum Gasteiger partial charge on any atom is 0.0847 e. The smallest absolute Gasteiger partial charge is 0.0847 e. The van der Waals surface area contributed by atoms with E-state index in [0.29, 0.717) is 0 Å². The van der Waals surface area contributed by atoms with Crippen LogP contribution in [-0.2, 0) is 13.5 Å². The molecule has 114 valence electrons. The topological polar surface area (TPSA) is 29.9 Å². The second-order valence-electron chi connectivity index (χ2n) is 5.31. The van der Waals surface area contributed by atoms with Gasteiger partial charge in [-0.25, -0.2) is 0 Å². The van der Waals surface area contributed by atoms with Crippen LogP contribution in [0.5, 0.6) is 0 Å². The maximum atomic E-state index is 6.39. The summed E-state index contributed by atoms with van der Waals surface area (Å²) in [5, 5.41) is 8.71. The number of benzene rings is 1. The fourth-order valence-corrected chi connectivity index (χ4v) is 3.56. The molecule has 0 spiro atoms. The molecule has 0 aliphatic carbocycles. The summed E-state index contributed by atoms with van der Waals surface area (Å²) in [5.74, 6) is 0. The molecule has 0 saturated heterocycles. The van der Waals surface area contributed by atoms with Gasteiger partial charge in [-0.2, -0.15) is 5.10 Å². The number of hydrogen-bond acceptors (Lipinski definition) is 2. The minimum absolute atomic E-state index is 0.206. The Labute approximate surface area is 139 Å². The van der Waals surface area contributed by atoms with Crippen LogP contribution in [0.1, 0.15) is 35.5 Å². The predicted molar refractivity (Wildman–Crippen MR) is 92.0 cm³/mol. The van der Waals surface area contributed by atoms with Crippen LogP contribution >= 0.6 is 27.5 Å². The first-order valence-electron chi connectivity index (χ1n) is 7.11. The highest BCUT2D eigenvalue weighted by Gasteiger charge is 2.19. The van der Waals surface area contributed by atoms with Gasteiger partial charge >= 0.3 is 0 Å². The van der Waals surface area contributed by atoms with Gasteiger partial charge in [0.15, 0.2) is 0 Å². The van der Waals surface area contributed by atoms with E-state index >= 15 is 0 Å². The fourth-order valence-electron chi connectivity index (χ4n) is 2.55. The summed E-state index contributed by atoms with van der Waals surface area (Å²) in [7, 11) is 1.95. The molecule has 0 amide bonds. The van der Waals surface area contributed by atoms with E-state index in [4.69, 9.17) is 11.6 Å². The van der Waals surface area contributed by atoms with E-state index < -0.39 is 0 Å². The second kappa shape index (κ2) is 6.95. The monoisotopic (exact) mass is 369 g/mol. The molecule has 21 heavy (non-hydrogen) atoms. The third-order valence-corrected chi connectivity index (χ3v) is 4.82. The van der Waals surface area contributed by atoms with E-state index in [-0.39, 0.29) is 6.04 Å². The Balaban J connectivity index is 2.35. The summed E-state index contributed by atoms with van der Waals surface area (Å²) in [6.07, 6.45) is 0.811. The van der Waals surface area contributed by atoms with Crippen LogP contribution in [0.3, 0.4) is 0 Å². The van der Waals surface area contributed by atoms with E-state index in [1.54, 1.807) is 0 Å². The molecule has 1 N–H and O–H groups in total. The molecule has 0 aliphatic rings. The zero-order valence-electron chi connectivity index (χ0n) is 12.9. The Kier molecular flexibility index (Phi) is 5.47. The van der Waals surface area contributed by atoms with Crippen molar-refractivity contribution < 1.29 is 0 Å². The van der Waals surface area contributed by atoms with Crippen molar-refractivity contribution in [1.29, 1.82) is 0 Å². The number of nitrogens with one attached hydrogen (secondary N) is 1. The third kappa shape index (κ3) is 3.68. The van der Waals surface area contributed by atoms with Gasteiger partial charge in [-0.1, -0.05) is 46.6 Å². The van der Waals surface area contributed by atoms with Crippen LogP contribution in [-0.4, -0.2) is 16.3 Å². The van der Waals surface area contributed by atoms with Crippen molar-refractivity contribution in [3.05, 3.63) is 50.2 Å². The first kappa shape index (κ1) is 16.5. The summed E-state index contributed by atoms with van der Waals surface area (Å²) in [6.45, 7) is 7.05. The van der Waals surface area contributed by atoms with Gasteiger partial charge in [0.05, 0.1) is 16.4 Å². The van der Waals surface area contributed by atoms with Crippen molar-refractivity contribution >= 4 is 27.5 Å². The maximum absolute atomic E-state index is 6.39. The molecule has 1 heterocycles. The molecule has 1 aromatic carbocycles. The standard InChI is InChI=1S/C16H21BrClN3/c1-5-19-14(12-7-6-10(2)8-13(12)17)9-15-16(18)11(3)20-21(15)4/h6-8,14,19H,5,9H2,1-4H3. The number of aromatic nitrogens is 2.